The molecule has 0 unspecified atom stereocenters. The molecule has 10 N–H and O–H groups in total. The van der Waals surface area contributed by atoms with Crippen molar-refractivity contribution >= 4 is 87.0 Å². The molecule has 0 spiro atoms. The molecule has 5 amide bonds. The van der Waals surface area contributed by atoms with Crippen LogP contribution in [-0.2, 0) is 24.0 Å². The van der Waals surface area contributed by atoms with Crippen molar-refractivity contribution in [3.63, 3.8) is 0 Å². The van der Waals surface area contributed by atoms with Gasteiger partial charge in [0.2, 0.25) is 11.4 Å². The van der Waals surface area contributed by atoms with Gasteiger partial charge in [0.25, 0.3) is 35.3 Å². The van der Waals surface area contributed by atoms with E-state index < -0.39 is 69.7 Å². The van der Waals surface area contributed by atoms with Crippen molar-refractivity contribution < 1.29 is 48.9 Å². The average molecular weight is 827 g/mol. The molecular formula is C31H30N12O10S3. The number of hydrazine groups is 1. The molecule has 56 heavy (non-hydrogen) atoms. The summed E-state index contributed by atoms with van der Waals surface area (Å²) in [5.74, 6) is -6.34. The Morgan fingerprint density at radius 2 is 1.86 bits per heavy atom. The van der Waals surface area contributed by atoms with Gasteiger partial charge in [0, 0.05) is 28.1 Å². The van der Waals surface area contributed by atoms with E-state index in [0.29, 0.717) is 16.3 Å². The van der Waals surface area contributed by atoms with Gasteiger partial charge in [-0.25, -0.2) is 19.3 Å². The van der Waals surface area contributed by atoms with E-state index in [9.17, 15) is 44.1 Å². The maximum absolute atomic E-state index is 13.6. The van der Waals surface area contributed by atoms with Crippen LogP contribution in [0, 0.1) is 6.92 Å². The first-order chi connectivity index (χ1) is 26.4. The zero-order chi connectivity index (χ0) is 40.6. The van der Waals surface area contributed by atoms with Crippen LogP contribution in [0.25, 0.3) is 5.78 Å². The molecule has 2 aliphatic rings. The Labute approximate surface area is 326 Å². The lowest BCUT2D eigenvalue weighted by molar-refractivity contribution is -0.150. The molecule has 292 valence electrons. The summed E-state index contributed by atoms with van der Waals surface area (Å²) < 4.78 is 1.35. The summed E-state index contributed by atoms with van der Waals surface area (Å²) >= 11 is 3.39. The number of hydrogen-bond acceptors (Lipinski definition) is 18. The zero-order valence-corrected chi connectivity index (χ0v) is 31.6. The number of fused-ring (bicyclic) bond motifs is 2. The summed E-state index contributed by atoms with van der Waals surface area (Å²) in [5, 5.41) is 40.8. The molecule has 2 aliphatic heterocycles. The number of nitrogens with zero attached hydrogens (tertiary/aromatic N) is 7. The number of phenols is 2. The molecule has 2 atom stereocenters. The zero-order valence-electron chi connectivity index (χ0n) is 29.2. The number of aromatic hydroxyl groups is 2. The molecule has 0 saturated carbocycles. The number of benzene rings is 1. The predicted molar refractivity (Wildman–Crippen MR) is 198 cm³/mol. The Bertz CT molecular complexity index is 2390. The van der Waals surface area contributed by atoms with Gasteiger partial charge in [-0.1, -0.05) is 5.16 Å². The van der Waals surface area contributed by atoms with Gasteiger partial charge < -0.3 is 36.9 Å². The predicted octanol–water partition coefficient (Wildman–Crippen LogP) is -0.527. The number of thiazole rings is 1. The minimum atomic E-state index is -1.82. The number of aryl methyl sites for hydroxylation is 1. The smallest absolute Gasteiger partial charge is 0.352 e. The van der Waals surface area contributed by atoms with Crippen LogP contribution in [0.3, 0.4) is 0 Å². The molecule has 1 aromatic carbocycles. The van der Waals surface area contributed by atoms with Crippen molar-refractivity contribution in [2.75, 3.05) is 17.2 Å². The highest BCUT2D eigenvalue weighted by molar-refractivity contribution is 8.01. The van der Waals surface area contributed by atoms with E-state index in [1.165, 1.54) is 53.3 Å². The number of primary amides is 1. The standard InChI is InChI=1S/C31H30N12O10S3/c1-11-6-17(35-30-37-22(21(32)46)40-43(11)30)54-8-13-9-55-26-19(25(49)42(26)20(13)27(50)51)36-24(48)18(14-10-56-29(33)34-14)41-53-31(2,3)28(52)39-38-23(47)12-4-5-15(44)16(45)7-12/h4-7,10,19,26,44-45H,8-9H2,1-3H3,(H2,32,46)(H2,33,34)(H,36,48)(H,38,47)(H,39,52)(H,50,51)/b41-18-/t19-,26-/m1/s1. The molecule has 1 fully saturated rings. The number of β-lactam (4-membered cyclic amide) rings is 1. The van der Waals surface area contributed by atoms with Gasteiger partial charge in [0.05, 0.1) is 0 Å². The summed E-state index contributed by atoms with van der Waals surface area (Å²) in [5.41, 5.74) is 13.7. The number of phenolic OH excluding ortho intramolecular Hbond substituents is 2. The first-order valence-corrected chi connectivity index (χ1v) is 18.8. The van der Waals surface area contributed by atoms with Gasteiger partial charge in [0.15, 0.2) is 22.3 Å². The lowest BCUT2D eigenvalue weighted by Gasteiger charge is -2.49. The summed E-state index contributed by atoms with van der Waals surface area (Å²) in [6.07, 6.45) is 0. The number of carbonyl (C=O) groups is 6. The number of rotatable bonds is 12. The highest BCUT2D eigenvalue weighted by atomic mass is 32.2. The van der Waals surface area contributed by atoms with Gasteiger partial charge in [-0.3, -0.25) is 39.7 Å². The number of nitrogens with one attached hydrogen (secondary N) is 3. The summed E-state index contributed by atoms with van der Waals surface area (Å²) in [6, 6.07) is 3.76. The van der Waals surface area contributed by atoms with E-state index in [2.05, 4.69) is 41.4 Å². The van der Waals surface area contributed by atoms with Crippen molar-refractivity contribution in [1.82, 2.24) is 45.6 Å². The summed E-state index contributed by atoms with van der Waals surface area (Å²) in [7, 11) is 0. The molecule has 6 rings (SSSR count). The molecule has 0 radical (unpaired) electrons. The summed E-state index contributed by atoms with van der Waals surface area (Å²) in [4.78, 5) is 95.4. The van der Waals surface area contributed by atoms with Crippen molar-refractivity contribution in [3.05, 3.63) is 63.7 Å². The van der Waals surface area contributed by atoms with Crippen LogP contribution in [0.5, 0.6) is 11.5 Å². The second-order valence-corrected chi connectivity index (χ2v) is 15.4. The number of hydrogen-bond donors (Lipinski definition) is 8. The van der Waals surface area contributed by atoms with E-state index in [4.69, 9.17) is 16.3 Å². The first-order valence-electron chi connectivity index (χ1n) is 15.9. The summed E-state index contributed by atoms with van der Waals surface area (Å²) in [6.45, 7) is 4.28. The van der Waals surface area contributed by atoms with Crippen molar-refractivity contribution in [3.8, 4) is 11.5 Å². The van der Waals surface area contributed by atoms with E-state index in [1.54, 1.807) is 13.0 Å². The molecule has 22 nitrogen and oxygen atoms in total. The van der Waals surface area contributed by atoms with E-state index in [-0.39, 0.29) is 45.2 Å². The lowest BCUT2D eigenvalue weighted by Crippen LogP contribution is -2.71. The van der Waals surface area contributed by atoms with Crippen LogP contribution < -0.4 is 27.6 Å². The fourth-order valence-corrected chi connectivity index (χ4v) is 8.11. The minimum Gasteiger partial charge on any atom is -0.504 e. The number of carbonyl (C=O) groups excluding carboxylic acids is 5. The van der Waals surface area contributed by atoms with Gasteiger partial charge in [-0.05, 0) is 50.6 Å². The fraction of sp³-hybridized carbons (Fsp3) is 0.258. The third-order valence-corrected chi connectivity index (χ3v) is 11.0. The number of amides is 5. The Hall–Kier alpha value is -6.47. The molecule has 5 heterocycles. The SMILES string of the molecule is Cc1cc(SCC2=C(C(=O)O)N3C(=O)[C@@H](NC(=O)/C(=N\OC(C)(C)C(=O)NNC(=O)c4ccc(O)c(O)c4)c4csc(N)n4)[C@H]3SC2)nc2nc(C(N)=O)nn12. The van der Waals surface area contributed by atoms with Gasteiger partial charge in [-0.2, -0.15) is 4.98 Å². The van der Waals surface area contributed by atoms with E-state index >= 15 is 0 Å². The molecule has 0 aliphatic carbocycles. The number of aromatic nitrogens is 5. The maximum atomic E-state index is 13.6. The largest absolute Gasteiger partial charge is 0.504 e. The maximum Gasteiger partial charge on any atom is 0.352 e. The lowest BCUT2D eigenvalue weighted by atomic mass is 10.0. The van der Waals surface area contributed by atoms with Crippen LogP contribution in [-0.4, -0.2) is 115 Å². The van der Waals surface area contributed by atoms with Gasteiger partial charge >= 0.3 is 5.97 Å². The minimum absolute atomic E-state index is 0.0500. The third-order valence-electron chi connectivity index (χ3n) is 8.04. The number of oxime groups is 1. The number of anilines is 1. The second kappa shape index (κ2) is 15.3. The Morgan fingerprint density at radius 1 is 1.11 bits per heavy atom. The van der Waals surface area contributed by atoms with E-state index in [0.717, 1.165) is 28.4 Å². The highest BCUT2D eigenvalue weighted by Gasteiger charge is 2.54. The van der Waals surface area contributed by atoms with Gasteiger partial charge in [-0.15, -0.1) is 40.0 Å². The normalized spacial score (nSPS) is 16.9. The average Bonchev–Trinajstić information content (AvgIpc) is 3.79. The number of carboxylic acid groups (broad SMARTS) is 1. The molecular weight excluding hydrogens is 797 g/mol. The molecule has 1 saturated heterocycles. The van der Waals surface area contributed by atoms with Crippen molar-refractivity contribution in [2.24, 2.45) is 10.9 Å². The molecule has 0 bridgehead atoms. The first kappa shape index (κ1) is 39.2. The quantitative estimate of drug-likeness (QED) is 0.0222. The molecule has 25 heteroatoms. The Morgan fingerprint density at radius 3 is 2.52 bits per heavy atom. The van der Waals surface area contributed by atoms with Crippen LogP contribution in [0.4, 0.5) is 5.13 Å². The Kier molecular flexibility index (Phi) is 10.7. The van der Waals surface area contributed by atoms with Gasteiger partial charge in [0.1, 0.15) is 27.8 Å². The van der Waals surface area contributed by atoms with Crippen molar-refractivity contribution in [1.29, 1.82) is 0 Å². The third kappa shape index (κ3) is 7.85. The molecule has 4 aromatic rings. The topological polar surface area (TPSA) is 332 Å². The number of nitrogens with two attached hydrogens (primary N) is 2. The number of nitrogen functional groups attached to an aromatic ring is 1. The highest BCUT2D eigenvalue weighted by Crippen LogP contribution is 2.41. The Balaban J connectivity index is 1.13. The van der Waals surface area contributed by atoms with E-state index in [1.807, 2.05) is 0 Å². The number of aliphatic carboxylic acids is 1. The monoisotopic (exact) mass is 826 g/mol. The van der Waals surface area contributed by atoms with Crippen LogP contribution in [0.1, 0.15) is 46.2 Å². The van der Waals surface area contributed by atoms with Crippen LogP contribution in [0.15, 0.2) is 51.1 Å². The molecule has 3 aromatic heterocycles. The number of carboxylic acids is 1. The second-order valence-electron chi connectivity index (χ2n) is 12.4. The number of thioether (sulfide) groups is 2. The van der Waals surface area contributed by atoms with Crippen LogP contribution in [0.2, 0.25) is 0 Å². The van der Waals surface area contributed by atoms with Crippen molar-refractivity contribution in [2.45, 2.75) is 42.8 Å². The fourth-order valence-electron chi connectivity index (χ4n) is 5.13. The van der Waals surface area contributed by atoms with Crippen LogP contribution >= 0.6 is 34.9 Å².